The lowest BCUT2D eigenvalue weighted by Gasteiger charge is -2.08. The second-order valence-electron chi connectivity index (χ2n) is 3.72. The molecule has 0 aliphatic rings. The number of halogens is 1. The third kappa shape index (κ3) is 1.48. The number of aromatic nitrogens is 1. The summed E-state index contributed by atoms with van der Waals surface area (Å²) in [5.41, 5.74) is 1.95. The fourth-order valence-corrected chi connectivity index (χ4v) is 1.65. The molecule has 0 spiro atoms. The molecule has 1 nitrogen and oxygen atoms in total. The second-order valence-corrected chi connectivity index (χ2v) is 3.72. The number of hydrogen-bond acceptors (Lipinski definition) is 1. The average Bonchev–Trinajstić information content (AvgIpc) is 2.16. The zero-order valence-electron chi connectivity index (χ0n) is 8.29. The van der Waals surface area contributed by atoms with Crippen LogP contribution >= 0.6 is 0 Å². The van der Waals surface area contributed by atoms with Crippen LogP contribution < -0.4 is 0 Å². The van der Waals surface area contributed by atoms with Gasteiger partial charge in [0.2, 0.25) is 0 Å². The van der Waals surface area contributed by atoms with Crippen molar-refractivity contribution >= 4 is 10.9 Å². The van der Waals surface area contributed by atoms with Gasteiger partial charge in [-0.25, -0.2) is 4.39 Å². The van der Waals surface area contributed by atoms with E-state index < -0.39 is 0 Å². The molecule has 0 aliphatic heterocycles. The zero-order chi connectivity index (χ0) is 10.1. The molecular formula is C12H12FN. The topological polar surface area (TPSA) is 12.9 Å². The van der Waals surface area contributed by atoms with Crippen molar-refractivity contribution < 1.29 is 4.39 Å². The van der Waals surface area contributed by atoms with Gasteiger partial charge in [0.1, 0.15) is 5.82 Å². The Labute approximate surface area is 82.6 Å². The Morgan fingerprint density at radius 1 is 1.21 bits per heavy atom. The molecule has 2 rings (SSSR count). The molecule has 1 aromatic heterocycles. The van der Waals surface area contributed by atoms with E-state index in [1.54, 1.807) is 12.3 Å². The predicted molar refractivity (Wildman–Crippen MR) is 55.8 cm³/mol. The molecule has 0 atom stereocenters. The largest absolute Gasteiger partial charge is 0.256 e. The van der Waals surface area contributed by atoms with Gasteiger partial charge in [0, 0.05) is 17.6 Å². The molecule has 0 radical (unpaired) electrons. The van der Waals surface area contributed by atoms with E-state index in [9.17, 15) is 4.39 Å². The fourth-order valence-electron chi connectivity index (χ4n) is 1.65. The molecule has 14 heavy (non-hydrogen) atoms. The van der Waals surface area contributed by atoms with E-state index in [1.807, 2.05) is 6.07 Å². The summed E-state index contributed by atoms with van der Waals surface area (Å²) in [6, 6.07) is 6.75. The van der Waals surface area contributed by atoms with Crippen LogP contribution in [0.25, 0.3) is 10.9 Å². The molecule has 0 amide bonds. The van der Waals surface area contributed by atoms with Gasteiger partial charge in [0.05, 0.1) is 5.52 Å². The number of rotatable bonds is 1. The van der Waals surface area contributed by atoms with E-state index in [1.165, 1.54) is 17.7 Å². The monoisotopic (exact) mass is 189 g/mol. The standard InChI is InChI=1S/C12H12FN/c1-8(2)10-5-6-14-12-7-9(13)3-4-11(10)12/h3-8H,1-2H3. The SMILES string of the molecule is CC(C)c1ccnc2cc(F)ccc12. The Bertz CT molecular complexity index is 463. The van der Waals surface area contributed by atoms with Crippen molar-refractivity contribution in [3.8, 4) is 0 Å². The first-order chi connectivity index (χ1) is 6.68. The first kappa shape index (κ1) is 9.13. The molecule has 0 saturated carbocycles. The smallest absolute Gasteiger partial charge is 0.125 e. The molecule has 2 heteroatoms. The Morgan fingerprint density at radius 2 is 2.00 bits per heavy atom. The maximum Gasteiger partial charge on any atom is 0.125 e. The molecule has 0 N–H and O–H groups in total. The fraction of sp³-hybridized carbons (Fsp3) is 0.250. The summed E-state index contributed by atoms with van der Waals surface area (Å²) in [4.78, 5) is 4.15. The van der Waals surface area contributed by atoms with Crippen molar-refractivity contribution in [2.75, 3.05) is 0 Å². The molecule has 1 aromatic carbocycles. The molecule has 72 valence electrons. The zero-order valence-corrected chi connectivity index (χ0v) is 8.29. The van der Waals surface area contributed by atoms with Gasteiger partial charge in [-0.05, 0) is 29.7 Å². The Kier molecular flexibility index (Phi) is 2.20. The van der Waals surface area contributed by atoms with E-state index >= 15 is 0 Å². The normalized spacial score (nSPS) is 11.1. The van der Waals surface area contributed by atoms with Crippen molar-refractivity contribution in [3.05, 3.63) is 41.8 Å². The van der Waals surface area contributed by atoms with Crippen molar-refractivity contribution in [2.45, 2.75) is 19.8 Å². The van der Waals surface area contributed by atoms with Crippen LogP contribution in [0.15, 0.2) is 30.5 Å². The van der Waals surface area contributed by atoms with Crippen LogP contribution in [-0.4, -0.2) is 4.98 Å². The van der Waals surface area contributed by atoms with Crippen LogP contribution in [0.5, 0.6) is 0 Å². The van der Waals surface area contributed by atoms with Gasteiger partial charge < -0.3 is 0 Å². The molecule has 2 aromatic rings. The van der Waals surface area contributed by atoms with E-state index in [0.717, 1.165) is 10.9 Å². The summed E-state index contributed by atoms with van der Waals surface area (Å²) in [6.45, 7) is 4.25. The van der Waals surface area contributed by atoms with Crippen LogP contribution in [0, 0.1) is 5.82 Å². The number of fused-ring (bicyclic) bond motifs is 1. The molecule has 1 heterocycles. The highest BCUT2D eigenvalue weighted by molar-refractivity contribution is 5.82. The van der Waals surface area contributed by atoms with E-state index in [4.69, 9.17) is 0 Å². The van der Waals surface area contributed by atoms with E-state index in [0.29, 0.717) is 5.92 Å². The van der Waals surface area contributed by atoms with Crippen LogP contribution in [-0.2, 0) is 0 Å². The van der Waals surface area contributed by atoms with Gasteiger partial charge in [-0.1, -0.05) is 13.8 Å². The quantitative estimate of drug-likeness (QED) is 0.669. The average molecular weight is 189 g/mol. The highest BCUT2D eigenvalue weighted by atomic mass is 19.1. The molecule has 0 aliphatic carbocycles. The van der Waals surface area contributed by atoms with Gasteiger partial charge in [-0.2, -0.15) is 0 Å². The van der Waals surface area contributed by atoms with Crippen molar-refractivity contribution in [1.82, 2.24) is 4.98 Å². The molecule has 0 bridgehead atoms. The molecular weight excluding hydrogens is 177 g/mol. The minimum absolute atomic E-state index is 0.231. The van der Waals surface area contributed by atoms with Crippen molar-refractivity contribution in [2.24, 2.45) is 0 Å². The van der Waals surface area contributed by atoms with Crippen LogP contribution in [0.2, 0.25) is 0 Å². The maximum absolute atomic E-state index is 12.9. The lowest BCUT2D eigenvalue weighted by atomic mass is 9.99. The van der Waals surface area contributed by atoms with Crippen LogP contribution in [0.4, 0.5) is 4.39 Å². The van der Waals surface area contributed by atoms with Crippen molar-refractivity contribution in [3.63, 3.8) is 0 Å². The minimum atomic E-state index is -0.231. The Balaban J connectivity index is 2.75. The highest BCUT2D eigenvalue weighted by Crippen LogP contribution is 2.23. The van der Waals surface area contributed by atoms with Gasteiger partial charge in [-0.15, -0.1) is 0 Å². The lowest BCUT2D eigenvalue weighted by Crippen LogP contribution is -1.91. The summed E-state index contributed by atoms with van der Waals surface area (Å²) in [5.74, 6) is 0.205. The van der Waals surface area contributed by atoms with E-state index in [-0.39, 0.29) is 5.82 Å². The number of benzene rings is 1. The molecule has 0 unspecified atom stereocenters. The minimum Gasteiger partial charge on any atom is -0.256 e. The van der Waals surface area contributed by atoms with Gasteiger partial charge in [-0.3, -0.25) is 4.98 Å². The number of nitrogens with zero attached hydrogens (tertiary/aromatic N) is 1. The third-order valence-corrected chi connectivity index (χ3v) is 2.36. The van der Waals surface area contributed by atoms with Crippen LogP contribution in [0.1, 0.15) is 25.3 Å². The Hall–Kier alpha value is -1.44. The van der Waals surface area contributed by atoms with Gasteiger partial charge in [0.15, 0.2) is 0 Å². The summed E-state index contributed by atoms with van der Waals surface area (Å²) in [6.07, 6.45) is 1.73. The van der Waals surface area contributed by atoms with Crippen LogP contribution in [0.3, 0.4) is 0 Å². The maximum atomic E-state index is 12.9. The predicted octanol–water partition coefficient (Wildman–Crippen LogP) is 3.50. The van der Waals surface area contributed by atoms with E-state index in [2.05, 4.69) is 18.8 Å². The number of pyridine rings is 1. The molecule has 0 saturated heterocycles. The second kappa shape index (κ2) is 3.37. The van der Waals surface area contributed by atoms with Gasteiger partial charge >= 0.3 is 0 Å². The van der Waals surface area contributed by atoms with Crippen molar-refractivity contribution in [1.29, 1.82) is 0 Å². The number of hydrogen-bond donors (Lipinski definition) is 0. The highest BCUT2D eigenvalue weighted by Gasteiger charge is 2.05. The summed E-state index contributed by atoms with van der Waals surface area (Å²) in [7, 11) is 0. The third-order valence-electron chi connectivity index (χ3n) is 2.36. The first-order valence-electron chi connectivity index (χ1n) is 4.72. The lowest BCUT2D eigenvalue weighted by molar-refractivity contribution is 0.629. The summed E-state index contributed by atoms with van der Waals surface area (Å²) < 4.78 is 12.9. The Morgan fingerprint density at radius 3 is 2.71 bits per heavy atom. The summed E-state index contributed by atoms with van der Waals surface area (Å²) >= 11 is 0. The summed E-state index contributed by atoms with van der Waals surface area (Å²) in [5, 5.41) is 1.05. The van der Waals surface area contributed by atoms with Gasteiger partial charge in [0.25, 0.3) is 0 Å². The molecule has 0 fully saturated rings. The first-order valence-corrected chi connectivity index (χ1v) is 4.72.